The summed E-state index contributed by atoms with van der Waals surface area (Å²) in [6.07, 6.45) is -0.308. The molecule has 0 bridgehead atoms. The van der Waals surface area contributed by atoms with E-state index in [0.717, 1.165) is 4.47 Å². The van der Waals surface area contributed by atoms with Crippen LogP contribution in [0.4, 0.5) is 8.78 Å². The summed E-state index contributed by atoms with van der Waals surface area (Å²) in [6, 6.07) is 5.70. The van der Waals surface area contributed by atoms with Gasteiger partial charge in [0.25, 0.3) is 5.92 Å². The largest absolute Gasteiger partial charge is 0.323 e. The van der Waals surface area contributed by atoms with Gasteiger partial charge >= 0.3 is 0 Å². The van der Waals surface area contributed by atoms with E-state index in [-0.39, 0.29) is 6.42 Å². The van der Waals surface area contributed by atoms with Crippen LogP contribution >= 0.6 is 15.9 Å². The molecule has 1 rings (SSSR count). The molecule has 14 heavy (non-hydrogen) atoms. The van der Waals surface area contributed by atoms with Crippen LogP contribution in [0, 0.1) is 0 Å². The summed E-state index contributed by atoms with van der Waals surface area (Å²) in [5.41, 5.74) is 5.78. The summed E-state index contributed by atoms with van der Waals surface area (Å²) in [4.78, 5) is 0. The third-order valence-corrected chi connectivity index (χ3v) is 2.55. The van der Waals surface area contributed by atoms with Gasteiger partial charge < -0.3 is 5.73 Å². The molecule has 1 aromatic rings. The van der Waals surface area contributed by atoms with Crippen molar-refractivity contribution in [1.82, 2.24) is 0 Å². The van der Waals surface area contributed by atoms with E-state index in [2.05, 4.69) is 15.9 Å². The second-order valence-corrected chi connectivity index (χ2v) is 4.27. The summed E-state index contributed by atoms with van der Waals surface area (Å²) < 4.78 is 27.3. The highest BCUT2D eigenvalue weighted by molar-refractivity contribution is 9.10. The first-order chi connectivity index (χ1) is 6.42. The Kier molecular flexibility index (Phi) is 3.61. The van der Waals surface area contributed by atoms with Crippen LogP contribution < -0.4 is 5.73 Å². The molecule has 1 aromatic carbocycles. The smallest absolute Gasteiger partial charge is 0.266 e. The minimum absolute atomic E-state index is 0.308. The van der Waals surface area contributed by atoms with Crippen molar-refractivity contribution in [3.05, 3.63) is 34.3 Å². The Morgan fingerprint density at radius 3 is 2.29 bits per heavy atom. The van der Waals surface area contributed by atoms with Crippen molar-refractivity contribution in [2.75, 3.05) is 0 Å². The van der Waals surface area contributed by atoms with Gasteiger partial charge in [-0.3, -0.25) is 0 Å². The quantitative estimate of drug-likeness (QED) is 0.892. The zero-order valence-corrected chi connectivity index (χ0v) is 9.39. The van der Waals surface area contributed by atoms with Gasteiger partial charge in [-0.05, 0) is 24.6 Å². The molecule has 2 N–H and O–H groups in total. The fourth-order valence-corrected chi connectivity index (χ4v) is 1.30. The Morgan fingerprint density at radius 1 is 1.36 bits per heavy atom. The Bertz CT molecular complexity index is 295. The normalized spacial score (nSPS) is 14.1. The molecule has 0 aliphatic rings. The zero-order chi connectivity index (χ0) is 10.8. The maximum Gasteiger partial charge on any atom is 0.266 e. The zero-order valence-electron chi connectivity index (χ0n) is 7.81. The fraction of sp³-hybridized carbons (Fsp3) is 0.400. The Hall–Kier alpha value is -0.480. The van der Waals surface area contributed by atoms with Gasteiger partial charge in [-0.2, -0.15) is 0 Å². The van der Waals surface area contributed by atoms with Crippen LogP contribution in [0.1, 0.15) is 12.5 Å². The van der Waals surface area contributed by atoms with Gasteiger partial charge in [0, 0.05) is 10.9 Å². The van der Waals surface area contributed by atoms with Crippen molar-refractivity contribution in [1.29, 1.82) is 0 Å². The lowest BCUT2D eigenvalue weighted by atomic mass is 10.0. The number of hydrogen-bond donors (Lipinski definition) is 1. The van der Waals surface area contributed by atoms with Crippen molar-refractivity contribution in [2.45, 2.75) is 25.3 Å². The SMILES string of the molecule is CC(N)C(F)(F)Cc1ccc(Br)cc1. The Morgan fingerprint density at radius 2 is 1.86 bits per heavy atom. The van der Waals surface area contributed by atoms with Crippen LogP contribution in [0.15, 0.2) is 28.7 Å². The summed E-state index contributed by atoms with van der Waals surface area (Å²) in [7, 11) is 0. The number of rotatable bonds is 3. The van der Waals surface area contributed by atoms with Crippen molar-refractivity contribution in [3.8, 4) is 0 Å². The predicted molar refractivity (Wildman–Crippen MR) is 56.4 cm³/mol. The molecule has 78 valence electrons. The van der Waals surface area contributed by atoms with Crippen LogP contribution in [0.3, 0.4) is 0 Å². The predicted octanol–water partition coefficient (Wildman–Crippen LogP) is 2.97. The van der Waals surface area contributed by atoms with E-state index in [1.54, 1.807) is 24.3 Å². The van der Waals surface area contributed by atoms with Crippen molar-refractivity contribution in [3.63, 3.8) is 0 Å². The molecule has 0 radical (unpaired) electrons. The van der Waals surface area contributed by atoms with E-state index in [1.165, 1.54) is 6.92 Å². The van der Waals surface area contributed by atoms with Crippen LogP contribution in [-0.4, -0.2) is 12.0 Å². The molecule has 1 atom stereocenters. The Balaban J connectivity index is 2.74. The van der Waals surface area contributed by atoms with E-state index in [9.17, 15) is 8.78 Å². The topological polar surface area (TPSA) is 26.0 Å². The maximum absolute atomic E-state index is 13.2. The number of hydrogen-bond acceptors (Lipinski definition) is 1. The third-order valence-electron chi connectivity index (χ3n) is 2.02. The van der Waals surface area contributed by atoms with Gasteiger partial charge in [-0.1, -0.05) is 28.1 Å². The average Bonchev–Trinajstić information content (AvgIpc) is 2.08. The Labute approximate surface area is 90.4 Å². The highest BCUT2D eigenvalue weighted by Crippen LogP contribution is 2.23. The van der Waals surface area contributed by atoms with E-state index < -0.39 is 12.0 Å². The first-order valence-corrected chi connectivity index (χ1v) is 5.09. The highest BCUT2D eigenvalue weighted by Gasteiger charge is 2.33. The van der Waals surface area contributed by atoms with Crippen LogP contribution in [0.2, 0.25) is 0 Å². The fourth-order valence-electron chi connectivity index (χ4n) is 1.04. The molecule has 0 saturated carbocycles. The maximum atomic E-state index is 13.2. The van der Waals surface area contributed by atoms with Crippen LogP contribution in [0.25, 0.3) is 0 Å². The second-order valence-electron chi connectivity index (χ2n) is 3.35. The molecule has 0 fully saturated rings. The minimum atomic E-state index is -2.84. The number of benzene rings is 1. The summed E-state index contributed by atoms with van der Waals surface area (Å²) in [6.45, 7) is 1.32. The van der Waals surface area contributed by atoms with E-state index >= 15 is 0 Å². The summed E-state index contributed by atoms with van der Waals surface area (Å²) in [5.74, 6) is -2.84. The van der Waals surface area contributed by atoms with Gasteiger partial charge in [-0.25, -0.2) is 8.78 Å². The van der Waals surface area contributed by atoms with Crippen LogP contribution in [0.5, 0.6) is 0 Å². The lowest BCUT2D eigenvalue weighted by molar-refractivity contribution is -0.0190. The minimum Gasteiger partial charge on any atom is -0.323 e. The molecule has 1 nitrogen and oxygen atoms in total. The number of halogens is 3. The number of alkyl halides is 2. The van der Waals surface area contributed by atoms with Crippen molar-refractivity contribution < 1.29 is 8.78 Å². The van der Waals surface area contributed by atoms with E-state index in [0.29, 0.717) is 5.56 Å². The monoisotopic (exact) mass is 263 g/mol. The standard InChI is InChI=1S/C10H12BrF2N/c1-7(14)10(12,13)6-8-2-4-9(11)5-3-8/h2-5,7H,6,14H2,1H3. The molecule has 0 saturated heterocycles. The molecule has 0 amide bonds. The molecule has 0 aromatic heterocycles. The van der Waals surface area contributed by atoms with Gasteiger partial charge in [0.15, 0.2) is 0 Å². The summed E-state index contributed by atoms with van der Waals surface area (Å²) >= 11 is 3.24. The van der Waals surface area contributed by atoms with Gasteiger partial charge in [-0.15, -0.1) is 0 Å². The van der Waals surface area contributed by atoms with E-state index in [1.807, 2.05) is 0 Å². The molecule has 1 unspecified atom stereocenters. The van der Waals surface area contributed by atoms with E-state index in [4.69, 9.17) is 5.73 Å². The van der Waals surface area contributed by atoms with Crippen molar-refractivity contribution >= 4 is 15.9 Å². The highest BCUT2D eigenvalue weighted by atomic mass is 79.9. The van der Waals surface area contributed by atoms with Gasteiger partial charge in [0.05, 0.1) is 6.04 Å². The molecular formula is C10H12BrF2N. The first kappa shape index (κ1) is 11.6. The van der Waals surface area contributed by atoms with Gasteiger partial charge in [0.1, 0.15) is 0 Å². The molecule has 0 spiro atoms. The first-order valence-electron chi connectivity index (χ1n) is 4.29. The lowest BCUT2D eigenvalue weighted by Crippen LogP contribution is -2.39. The van der Waals surface area contributed by atoms with Crippen LogP contribution in [-0.2, 0) is 6.42 Å². The summed E-state index contributed by atoms with van der Waals surface area (Å²) in [5, 5.41) is 0. The number of nitrogens with two attached hydrogens (primary N) is 1. The average molecular weight is 264 g/mol. The third kappa shape index (κ3) is 3.03. The lowest BCUT2D eigenvalue weighted by Gasteiger charge is -2.20. The molecule has 0 heterocycles. The van der Waals surface area contributed by atoms with Gasteiger partial charge in [0.2, 0.25) is 0 Å². The molecule has 4 heteroatoms. The second kappa shape index (κ2) is 4.36. The molecule has 0 aliphatic carbocycles. The van der Waals surface area contributed by atoms with Crippen molar-refractivity contribution in [2.24, 2.45) is 5.73 Å². The molecule has 0 aliphatic heterocycles. The molecular weight excluding hydrogens is 252 g/mol.